The van der Waals surface area contributed by atoms with E-state index in [2.05, 4.69) is 66.9 Å². The monoisotopic (exact) mass is 336 g/mol. The molecule has 0 aromatic carbocycles. The Morgan fingerprint density at radius 3 is 2.61 bits per heavy atom. The van der Waals surface area contributed by atoms with E-state index in [0.717, 1.165) is 18.8 Å². The van der Waals surface area contributed by atoms with Crippen molar-refractivity contribution in [3.63, 3.8) is 0 Å². The molecular weight excluding hydrogens is 308 g/mol. The Labute approximate surface area is 142 Å². The topological polar surface area (TPSA) is 81.7 Å². The highest BCUT2D eigenvalue weighted by molar-refractivity contribution is 7.10. The number of nitrogens with one attached hydrogen (secondary N) is 1. The molecule has 2 aromatic rings. The molecule has 1 atom stereocenters. The van der Waals surface area contributed by atoms with Crippen molar-refractivity contribution < 1.29 is 0 Å². The largest absolute Gasteiger partial charge is 0.329 e. The zero-order chi connectivity index (χ0) is 17.1. The normalized spacial score (nSPS) is 14.2. The predicted octanol–water partition coefficient (Wildman–Crippen LogP) is 2.54. The maximum absolute atomic E-state index is 5.67. The Morgan fingerprint density at radius 2 is 2.04 bits per heavy atom. The van der Waals surface area contributed by atoms with Crippen LogP contribution in [0.15, 0.2) is 17.5 Å². The zero-order valence-corrected chi connectivity index (χ0v) is 15.5. The fourth-order valence-corrected chi connectivity index (χ4v) is 3.98. The first kappa shape index (κ1) is 18.0. The van der Waals surface area contributed by atoms with Gasteiger partial charge in [0.15, 0.2) is 5.82 Å². The third-order valence-electron chi connectivity index (χ3n) is 3.61. The first-order valence-corrected chi connectivity index (χ1v) is 8.88. The Kier molecular flexibility index (Phi) is 5.54. The van der Waals surface area contributed by atoms with Crippen molar-refractivity contribution >= 4 is 11.3 Å². The van der Waals surface area contributed by atoms with Crippen LogP contribution in [0.25, 0.3) is 0 Å². The average molecular weight is 337 g/mol. The molecule has 0 saturated heterocycles. The lowest BCUT2D eigenvalue weighted by Gasteiger charge is -2.33. The molecule has 2 aromatic heterocycles. The smallest absolute Gasteiger partial charge is 0.174 e. The number of thiophene rings is 1. The second kappa shape index (κ2) is 7.07. The van der Waals surface area contributed by atoms with Crippen LogP contribution >= 0.6 is 11.3 Å². The van der Waals surface area contributed by atoms with Crippen LogP contribution in [0.5, 0.6) is 0 Å². The molecular formula is C16H28N6S. The van der Waals surface area contributed by atoms with Gasteiger partial charge in [-0.3, -0.25) is 0 Å². The van der Waals surface area contributed by atoms with Crippen molar-refractivity contribution in [1.29, 1.82) is 0 Å². The van der Waals surface area contributed by atoms with Crippen LogP contribution in [0.3, 0.4) is 0 Å². The molecule has 23 heavy (non-hydrogen) atoms. The van der Waals surface area contributed by atoms with E-state index < -0.39 is 0 Å². The summed E-state index contributed by atoms with van der Waals surface area (Å²) in [6.07, 6.45) is 0.978. The molecule has 6 nitrogen and oxygen atoms in total. The summed E-state index contributed by atoms with van der Waals surface area (Å²) in [4.78, 5) is 1.20. The molecule has 0 aliphatic carbocycles. The van der Waals surface area contributed by atoms with Gasteiger partial charge in [-0.05, 0) is 47.6 Å². The van der Waals surface area contributed by atoms with Gasteiger partial charge in [0.25, 0.3) is 0 Å². The first-order valence-electron chi connectivity index (χ1n) is 8.00. The summed E-state index contributed by atoms with van der Waals surface area (Å²) in [6, 6.07) is 4.12. The summed E-state index contributed by atoms with van der Waals surface area (Å²) >= 11 is 1.70. The molecule has 128 valence electrons. The van der Waals surface area contributed by atoms with Crippen LogP contribution in [-0.2, 0) is 5.54 Å². The highest BCUT2D eigenvalue weighted by atomic mass is 32.1. The standard InChI is InChI=1S/C16H28N6S/c1-15(2,3)11-16(4,5)22-14(19-20-21-22)13(18-9-8-17)12-7-6-10-23-12/h6-7,10,13,18H,8-9,11,17H2,1-5H3. The van der Waals surface area contributed by atoms with Crippen molar-refractivity contribution in [2.45, 2.75) is 52.6 Å². The van der Waals surface area contributed by atoms with E-state index in [4.69, 9.17) is 5.73 Å². The second-order valence-corrected chi connectivity index (χ2v) is 8.67. The van der Waals surface area contributed by atoms with Crippen molar-refractivity contribution in [3.05, 3.63) is 28.2 Å². The summed E-state index contributed by atoms with van der Waals surface area (Å²) in [5.74, 6) is 0.843. The molecule has 0 bridgehead atoms. The van der Waals surface area contributed by atoms with Gasteiger partial charge in [0.2, 0.25) is 0 Å². The fraction of sp³-hybridized carbons (Fsp3) is 0.688. The second-order valence-electron chi connectivity index (χ2n) is 7.69. The summed E-state index contributed by atoms with van der Waals surface area (Å²) in [5, 5.41) is 18.1. The molecule has 1 unspecified atom stereocenters. The number of nitrogens with zero attached hydrogens (tertiary/aromatic N) is 4. The van der Waals surface area contributed by atoms with Gasteiger partial charge in [-0.1, -0.05) is 26.8 Å². The molecule has 0 radical (unpaired) electrons. The van der Waals surface area contributed by atoms with E-state index in [0.29, 0.717) is 6.54 Å². The van der Waals surface area contributed by atoms with Gasteiger partial charge in [-0.15, -0.1) is 16.4 Å². The van der Waals surface area contributed by atoms with E-state index in [1.54, 1.807) is 11.3 Å². The van der Waals surface area contributed by atoms with Crippen LogP contribution in [0, 0.1) is 5.41 Å². The van der Waals surface area contributed by atoms with Gasteiger partial charge in [-0.25, -0.2) is 4.68 Å². The maximum Gasteiger partial charge on any atom is 0.174 e. The molecule has 0 fully saturated rings. The van der Waals surface area contributed by atoms with Gasteiger partial charge < -0.3 is 11.1 Å². The third kappa shape index (κ3) is 4.59. The van der Waals surface area contributed by atoms with E-state index in [1.165, 1.54) is 4.88 Å². The Bertz CT molecular complexity index is 596. The lowest BCUT2D eigenvalue weighted by atomic mass is 9.82. The number of hydrogen-bond donors (Lipinski definition) is 2. The van der Waals surface area contributed by atoms with Crippen molar-refractivity contribution in [1.82, 2.24) is 25.5 Å². The van der Waals surface area contributed by atoms with Crippen molar-refractivity contribution in [2.24, 2.45) is 11.1 Å². The highest BCUT2D eigenvalue weighted by Gasteiger charge is 2.33. The number of rotatable bonds is 7. The lowest BCUT2D eigenvalue weighted by molar-refractivity contribution is 0.188. The number of nitrogens with two attached hydrogens (primary N) is 1. The van der Waals surface area contributed by atoms with E-state index in [1.807, 2.05) is 10.7 Å². The SMILES string of the molecule is CC(C)(C)CC(C)(C)n1nnnc1C(NCCN)c1cccs1. The minimum Gasteiger partial charge on any atom is -0.329 e. The lowest BCUT2D eigenvalue weighted by Crippen LogP contribution is -2.37. The molecule has 0 aliphatic rings. The quantitative estimate of drug-likeness (QED) is 0.812. The fourth-order valence-electron chi connectivity index (χ4n) is 3.18. The number of tetrazole rings is 1. The maximum atomic E-state index is 5.67. The van der Waals surface area contributed by atoms with Gasteiger partial charge in [0.1, 0.15) is 6.04 Å². The first-order chi connectivity index (χ1) is 10.7. The summed E-state index contributed by atoms with van der Waals surface area (Å²) in [5.41, 5.74) is 5.69. The molecule has 2 heterocycles. The molecule has 7 heteroatoms. The Balaban J connectivity index is 2.37. The van der Waals surface area contributed by atoms with Gasteiger partial charge in [-0.2, -0.15) is 0 Å². The molecule has 3 N–H and O–H groups in total. The summed E-state index contributed by atoms with van der Waals surface area (Å²) in [7, 11) is 0. The Morgan fingerprint density at radius 1 is 1.30 bits per heavy atom. The van der Waals surface area contributed by atoms with Crippen LogP contribution in [0.2, 0.25) is 0 Å². The molecule has 0 spiro atoms. The van der Waals surface area contributed by atoms with Crippen LogP contribution in [0.4, 0.5) is 0 Å². The number of aromatic nitrogens is 4. The summed E-state index contributed by atoms with van der Waals surface area (Å²) in [6.45, 7) is 12.4. The zero-order valence-electron chi connectivity index (χ0n) is 14.7. The van der Waals surface area contributed by atoms with Crippen molar-refractivity contribution in [2.75, 3.05) is 13.1 Å². The molecule has 2 rings (SSSR count). The molecule has 0 amide bonds. The van der Waals surface area contributed by atoms with Crippen molar-refractivity contribution in [3.8, 4) is 0 Å². The van der Waals surface area contributed by atoms with Crippen LogP contribution in [0.1, 0.15) is 57.8 Å². The van der Waals surface area contributed by atoms with Crippen LogP contribution < -0.4 is 11.1 Å². The van der Waals surface area contributed by atoms with E-state index >= 15 is 0 Å². The van der Waals surface area contributed by atoms with Crippen LogP contribution in [-0.4, -0.2) is 33.3 Å². The van der Waals surface area contributed by atoms with E-state index in [9.17, 15) is 0 Å². The molecule has 0 saturated carbocycles. The highest BCUT2D eigenvalue weighted by Crippen LogP contribution is 2.34. The minimum absolute atomic E-state index is 0.0345. The molecule has 0 aliphatic heterocycles. The van der Waals surface area contributed by atoms with Gasteiger partial charge >= 0.3 is 0 Å². The predicted molar refractivity (Wildman–Crippen MR) is 94.4 cm³/mol. The average Bonchev–Trinajstić information content (AvgIpc) is 3.07. The third-order valence-corrected chi connectivity index (χ3v) is 4.55. The Hall–Kier alpha value is -1.31. The number of hydrogen-bond acceptors (Lipinski definition) is 6. The summed E-state index contributed by atoms with van der Waals surface area (Å²) < 4.78 is 1.96. The van der Waals surface area contributed by atoms with Gasteiger partial charge in [0, 0.05) is 18.0 Å². The van der Waals surface area contributed by atoms with E-state index in [-0.39, 0.29) is 17.0 Å². The minimum atomic E-state index is -0.170. The van der Waals surface area contributed by atoms with Gasteiger partial charge in [0.05, 0.1) is 5.54 Å².